The molecule has 0 heterocycles. The van der Waals surface area contributed by atoms with Gasteiger partial charge in [0.05, 0.1) is 5.56 Å². The highest BCUT2D eigenvalue weighted by Crippen LogP contribution is 2.54. The van der Waals surface area contributed by atoms with Crippen LogP contribution in [0.2, 0.25) is 0 Å². The highest BCUT2D eigenvalue weighted by atomic mass is 19.4. The van der Waals surface area contributed by atoms with E-state index in [9.17, 15) is 13.2 Å². The van der Waals surface area contributed by atoms with E-state index in [4.69, 9.17) is 0 Å². The summed E-state index contributed by atoms with van der Waals surface area (Å²) in [5.41, 5.74) is 4.87. The molecular weight excluding hydrogens is 706 g/mol. The van der Waals surface area contributed by atoms with Gasteiger partial charge in [0.1, 0.15) is 0 Å². The van der Waals surface area contributed by atoms with Gasteiger partial charge in [-0.1, -0.05) is 140 Å². The van der Waals surface area contributed by atoms with E-state index in [1.165, 1.54) is 87.6 Å². The smallest absolute Gasteiger partial charge is 0.166 e. The van der Waals surface area contributed by atoms with Crippen molar-refractivity contribution in [2.45, 2.75) is 13.1 Å². The Labute approximate surface area is 324 Å². The molecule has 0 unspecified atom stereocenters. The van der Waals surface area contributed by atoms with E-state index in [1.54, 1.807) is 13.0 Å². The third kappa shape index (κ3) is 3.89. The Morgan fingerprint density at radius 2 is 0.737 bits per heavy atom. The van der Waals surface area contributed by atoms with Crippen LogP contribution in [0.5, 0.6) is 0 Å². The van der Waals surface area contributed by atoms with Gasteiger partial charge >= 0.3 is 6.18 Å². The summed E-state index contributed by atoms with van der Waals surface area (Å²) in [6.07, 6.45) is -4.45. The Morgan fingerprint density at radius 3 is 1.21 bits per heavy atom. The fraction of sp³-hybridized carbons (Fsp3) is 0.0370. The van der Waals surface area contributed by atoms with Crippen LogP contribution in [-0.2, 0) is 6.18 Å². The number of rotatable bonds is 2. The van der Waals surface area contributed by atoms with E-state index in [1.807, 2.05) is 12.1 Å². The molecule has 0 aliphatic carbocycles. The van der Waals surface area contributed by atoms with E-state index >= 15 is 0 Å². The Hall–Kier alpha value is -6.97. The van der Waals surface area contributed by atoms with Crippen molar-refractivity contribution in [2.24, 2.45) is 0 Å². The van der Waals surface area contributed by atoms with Crippen molar-refractivity contribution in [3.05, 3.63) is 169 Å². The van der Waals surface area contributed by atoms with Crippen molar-refractivity contribution < 1.29 is 13.2 Å². The van der Waals surface area contributed by atoms with Crippen molar-refractivity contribution in [2.75, 3.05) is 0 Å². The molecule has 3 heteroatoms. The molecule has 13 aromatic rings. The van der Waals surface area contributed by atoms with Gasteiger partial charge in [-0.2, -0.15) is 13.2 Å². The van der Waals surface area contributed by atoms with Crippen molar-refractivity contribution in [3.8, 4) is 22.3 Å². The fourth-order valence-corrected chi connectivity index (χ4v) is 10.8. The van der Waals surface area contributed by atoms with Gasteiger partial charge in [0.15, 0.2) is 0 Å². The molecule has 57 heavy (non-hydrogen) atoms. The number of benzene rings is 11. The Kier molecular flexibility index (Phi) is 5.84. The second kappa shape index (κ2) is 10.7. The highest BCUT2D eigenvalue weighted by molar-refractivity contribution is 6.45. The monoisotopic (exact) mass is 734 g/mol. The standard InChI is InChI=1S/C54H29F3/c1-28-18-19-32-33-20-22-36-40-26-42-43(27-41(40)37-23-21-34(50(33)51(36)37)35-24-25-44(54(55,56)57)45(28)49(32)35)48(31-12-6-3-7-13-31)53-39-17-9-15-29-14-8-16-38(46(29)39)52(53)47(42)30-10-4-2-5-11-30/h2-27H,1H3. The molecule has 0 atom stereocenters. The lowest BCUT2D eigenvalue weighted by Crippen LogP contribution is -2.07. The van der Waals surface area contributed by atoms with E-state index in [2.05, 4.69) is 133 Å². The summed E-state index contributed by atoms with van der Waals surface area (Å²) >= 11 is 0. The minimum Gasteiger partial charge on any atom is -0.166 e. The number of halogens is 3. The zero-order valence-corrected chi connectivity index (χ0v) is 30.6. The average molecular weight is 735 g/mol. The Balaban J connectivity index is 1.26. The summed E-state index contributed by atoms with van der Waals surface area (Å²) in [6.45, 7) is 1.78. The zero-order valence-electron chi connectivity index (χ0n) is 30.6. The molecule has 0 bridgehead atoms. The van der Waals surface area contributed by atoms with Gasteiger partial charge in [-0.15, -0.1) is 0 Å². The number of aryl methyl sites for hydroxylation is 1. The molecule has 0 fully saturated rings. The molecule has 0 spiro atoms. The van der Waals surface area contributed by atoms with E-state index in [0.29, 0.717) is 16.3 Å². The lowest BCUT2D eigenvalue weighted by Gasteiger charge is -2.19. The molecule has 0 aliphatic heterocycles. The topological polar surface area (TPSA) is 0 Å². The minimum atomic E-state index is -4.45. The quantitative estimate of drug-likeness (QED) is 0.123. The van der Waals surface area contributed by atoms with Gasteiger partial charge in [0, 0.05) is 0 Å². The predicted molar refractivity (Wildman–Crippen MR) is 236 cm³/mol. The maximum absolute atomic E-state index is 14.5. The van der Waals surface area contributed by atoms with Gasteiger partial charge in [-0.3, -0.25) is 0 Å². The van der Waals surface area contributed by atoms with Crippen LogP contribution in [0, 0.1) is 6.92 Å². The van der Waals surface area contributed by atoms with Crippen molar-refractivity contribution >= 4 is 108 Å². The predicted octanol–water partition coefficient (Wildman–Crippen LogP) is 16.2. The van der Waals surface area contributed by atoms with Gasteiger partial charge in [-0.05, 0) is 161 Å². The maximum atomic E-state index is 14.5. The zero-order chi connectivity index (χ0) is 37.9. The molecular formula is C54H29F3. The van der Waals surface area contributed by atoms with Gasteiger partial charge in [0.25, 0.3) is 0 Å². The van der Waals surface area contributed by atoms with E-state index < -0.39 is 11.7 Å². The summed E-state index contributed by atoms with van der Waals surface area (Å²) in [6, 6.07) is 55.4. The second-order valence-corrected chi connectivity index (χ2v) is 15.8. The van der Waals surface area contributed by atoms with Crippen molar-refractivity contribution in [1.29, 1.82) is 0 Å². The van der Waals surface area contributed by atoms with Crippen LogP contribution < -0.4 is 0 Å². The third-order valence-corrected chi connectivity index (χ3v) is 13.0. The maximum Gasteiger partial charge on any atom is 0.417 e. The molecule has 266 valence electrons. The lowest BCUT2D eigenvalue weighted by molar-refractivity contribution is -0.136. The van der Waals surface area contributed by atoms with Crippen LogP contribution in [0.25, 0.3) is 130 Å². The number of hydrogen-bond donors (Lipinski definition) is 0. The average Bonchev–Trinajstić information content (AvgIpc) is 3.74. The summed E-state index contributed by atoms with van der Waals surface area (Å²) < 4.78 is 43.4. The van der Waals surface area contributed by atoms with Crippen LogP contribution in [0.1, 0.15) is 11.1 Å². The normalized spacial score (nSPS) is 12.9. The van der Waals surface area contributed by atoms with Crippen LogP contribution in [0.15, 0.2) is 158 Å². The Bertz CT molecular complexity index is 3630. The van der Waals surface area contributed by atoms with Crippen molar-refractivity contribution in [3.63, 3.8) is 0 Å². The fourth-order valence-electron chi connectivity index (χ4n) is 10.8. The van der Waals surface area contributed by atoms with Gasteiger partial charge < -0.3 is 0 Å². The highest BCUT2D eigenvalue weighted by Gasteiger charge is 2.34. The molecule has 0 saturated carbocycles. The first-order valence-corrected chi connectivity index (χ1v) is 19.4. The largest absolute Gasteiger partial charge is 0.417 e. The van der Waals surface area contributed by atoms with Crippen LogP contribution in [0.3, 0.4) is 0 Å². The molecule has 0 amide bonds. The molecule has 0 radical (unpaired) electrons. The molecule has 0 nitrogen and oxygen atoms in total. The van der Waals surface area contributed by atoms with Crippen LogP contribution >= 0.6 is 0 Å². The van der Waals surface area contributed by atoms with Gasteiger partial charge in [0.2, 0.25) is 0 Å². The summed E-state index contributed by atoms with van der Waals surface area (Å²) in [7, 11) is 0. The number of fused-ring (bicyclic) bond motifs is 9. The molecule has 13 rings (SSSR count). The van der Waals surface area contributed by atoms with E-state index in [-0.39, 0.29) is 0 Å². The summed E-state index contributed by atoms with van der Waals surface area (Å²) in [5, 5.41) is 21.6. The third-order valence-electron chi connectivity index (χ3n) is 13.0. The molecule has 0 N–H and O–H groups in total. The van der Waals surface area contributed by atoms with Crippen LogP contribution in [-0.4, -0.2) is 0 Å². The van der Waals surface area contributed by atoms with E-state index in [0.717, 1.165) is 37.7 Å². The number of alkyl halides is 3. The first-order valence-electron chi connectivity index (χ1n) is 19.4. The minimum absolute atomic E-state index is 0.293. The Morgan fingerprint density at radius 1 is 0.316 bits per heavy atom. The second-order valence-electron chi connectivity index (χ2n) is 15.8. The van der Waals surface area contributed by atoms with Gasteiger partial charge in [-0.25, -0.2) is 0 Å². The molecule has 0 aromatic heterocycles. The first kappa shape index (κ1) is 31.3. The first-order chi connectivity index (χ1) is 27.9. The number of hydrogen-bond acceptors (Lipinski definition) is 0. The summed E-state index contributed by atoms with van der Waals surface area (Å²) in [5.74, 6) is 0. The molecule has 0 aliphatic rings. The van der Waals surface area contributed by atoms with Crippen LogP contribution in [0.4, 0.5) is 13.2 Å². The molecule has 0 saturated heterocycles. The summed E-state index contributed by atoms with van der Waals surface area (Å²) in [4.78, 5) is 0. The SMILES string of the molecule is Cc1ccc2c3ccc4c5cc6c(-c7ccccc7)c7c8cccc9cccc(c7c(-c7ccccc7)c6cc5c5ccc(c6ccc(C(F)(F)F)c1c26)c3c45)c98. The van der Waals surface area contributed by atoms with Crippen molar-refractivity contribution in [1.82, 2.24) is 0 Å². The molecule has 13 aromatic carbocycles. The lowest BCUT2D eigenvalue weighted by atomic mass is 9.85.